The molecule has 2 heterocycles. The minimum atomic E-state index is -0.601. The van der Waals surface area contributed by atoms with Gasteiger partial charge in [0, 0.05) is 38.3 Å². The molecule has 1 aliphatic heterocycles. The molecule has 1 saturated heterocycles. The van der Waals surface area contributed by atoms with Crippen LogP contribution in [0.3, 0.4) is 0 Å². The molecule has 3 rings (SSSR count). The number of aromatic nitrogens is 2. The first kappa shape index (κ1) is 22.0. The largest absolute Gasteiger partial charge is 0.497 e. The molecule has 1 N–H and O–H groups in total. The van der Waals surface area contributed by atoms with Crippen LogP contribution in [0.4, 0.5) is 5.82 Å². The smallest absolute Gasteiger partial charge is 0.339 e. The number of nitrogens with zero attached hydrogens (tertiary/aromatic N) is 4. The van der Waals surface area contributed by atoms with Gasteiger partial charge in [-0.05, 0) is 39.0 Å². The monoisotopic (exact) mass is 414 g/mol. The van der Waals surface area contributed by atoms with Gasteiger partial charge >= 0.3 is 5.97 Å². The van der Waals surface area contributed by atoms with Crippen LogP contribution >= 0.6 is 0 Å². The van der Waals surface area contributed by atoms with E-state index in [1.807, 2.05) is 20.8 Å². The fourth-order valence-electron chi connectivity index (χ4n) is 3.35. The van der Waals surface area contributed by atoms with E-state index < -0.39 is 11.6 Å². The van der Waals surface area contributed by atoms with Gasteiger partial charge in [0.2, 0.25) is 0 Å². The summed E-state index contributed by atoms with van der Waals surface area (Å²) in [7, 11) is 1.58. The van der Waals surface area contributed by atoms with Crippen LogP contribution in [0.25, 0.3) is 11.3 Å². The average molecular weight is 415 g/mol. The van der Waals surface area contributed by atoms with Gasteiger partial charge in [0.1, 0.15) is 17.2 Å². The van der Waals surface area contributed by atoms with Crippen LogP contribution < -0.4 is 9.64 Å². The summed E-state index contributed by atoms with van der Waals surface area (Å²) in [6, 6.07) is 5.22. The molecule has 30 heavy (non-hydrogen) atoms. The molecule has 1 aliphatic rings. The normalized spacial score (nSPS) is 15.2. The van der Waals surface area contributed by atoms with Gasteiger partial charge in [0.05, 0.1) is 37.4 Å². The lowest BCUT2D eigenvalue weighted by atomic mass is 10.0. The lowest BCUT2D eigenvalue weighted by molar-refractivity contribution is 0.00704. The maximum Gasteiger partial charge on any atom is 0.339 e. The summed E-state index contributed by atoms with van der Waals surface area (Å²) in [4.78, 5) is 26.3. The second-order valence-corrected chi connectivity index (χ2v) is 8.23. The highest BCUT2D eigenvalue weighted by molar-refractivity contribution is 5.97. The van der Waals surface area contributed by atoms with Crippen LogP contribution in [-0.2, 0) is 4.74 Å². The third-order valence-corrected chi connectivity index (χ3v) is 4.86. The molecule has 0 spiro atoms. The van der Waals surface area contributed by atoms with Gasteiger partial charge in [-0.3, -0.25) is 9.88 Å². The van der Waals surface area contributed by atoms with Gasteiger partial charge in [0.25, 0.3) is 0 Å². The summed E-state index contributed by atoms with van der Waals surface area (Å²) in [6.45, 7) is 9.68. The summed E-state index contributed by atoms with van der Waals surface area (Å²) in [5.41, 5.74) is 1.03. The van der Waals surface area contributed by atoms with Crippen LogP contribution in [0.2, 0.25) is 0 Å². The van der Waals surface area contributed by atoms with Crippen molar-refractivity contribution in [3.05, 3.63) is 36.2 Å². The van der Waals surface area contributed by atoms with Crippen LogP contribution in [0.15, 0.2) is 30.6 Å². The van der Waals surface area contributed by atoms with Crippen LogP contribution in [0, 0.1) is 0 Å². The number of anilines is 1. The molecule has 0 atom stereocenters. The molecule has 0 amide bonds. The molecule has 162 valence electrons. The van der Waals surface area contributed by atoms with Crippen molar-refractivity contribution < 1.29 is 19.4 Å². The summed E-state index contributed by atoms with van der Waals surface area (Å²) >= 11 is 0. The summed E-state index contributed by atoms with van der Waals surface area (Å²) in [6.07, 6.45) is 3.38. The van der Waals surface area contributed by atoms with E-state index in [0.29, 0.717) is 29.1 Å². The average Bonchev–Trinajstić information content (AvgIpc) is 2.73. The Kier molecular flexibility index (Phi) is 6.89. The predicted molar refractivity (Wildman–Crippen MR) is 115 cm³/mol. The van der Waals surface area contributed by atoms with Crippen molar-refractivity contribution in [2.45, 2.75) is 26.4 Å². The van der Waals surface area contributed by atoms with Gasteiger partial charge in [0.15, 0.2) is 0 Å². The second-order valence-electron chi connectivity index (χ2n) is 8.23. The van der Waals surface area contributed by atoms with Crippen molar-refractivity contribution in [3.63, 3.8) is 0 Å². The number of methoxy groups -OCH3 is 1. The summed E-state index contributed by atoms with van der Waals surface area (Å²) in [5, 5.41) is 9.12. The number of rotatable bonds is 6. The summed E-state index contributed by atoms with van der Waals surface area (Å²) < 4.78 is 10.9. The number of esters is 1. The Hall–Kier alpha value is -2.71. The van der Waals surface area contributed by atoms with Gasteiger partial charge in [-0.15, -0.1) is 0 Å². The molecule has 0 radical (unpaired) electrons. The Bertz CT molecular complexity index is 874. The maximum atomic E-state index is 12.8. The first-order valence-corrected chi connectivity index (χ1v) is 10.1. The number of piperazine rings is 1. The fraction of sp³-hybridized carbons (Fsp3) is 0.500. The SMILES string of the molecule is COc1ccc(C(=O)OC(C)(C)C)c(-c2cncc(N3CCN(CCO)CC3)n2)c1. The number of carbonyl (C=O) groups is 1. The maximum absolute atomic E-state index is 12.8. The van der Waals surface area contributed by atoms with E-state index in [4.69, 9.17) is 19.6 Å². The predicted octanol–water partition coefficient (Wildman–Crippen LogP) is 2.22. The lowest BCUT2D eigenvalue weighted by Gasteiger charge is -2.35. The number of hydrogen-bond acceptors (Lipinski definition) is 8. The van der Waals surface area contributed by atoms with Gasteiger partial charge < -0.3 is 19.5 Å². The minimum absolute atomic E-state index is 0.165. The van der Waals surface area contributed by atoms with Crippen LogP contribution in [0.5, 0.6) is 5.75 Å². The Labute approximate surface area is 177 Å². The highest BCUT2D eigenvalue weighted by atomic mass is 16.6. The highest BCUT2D eigenvalue weighted by Crippen LogP contribution is 2.29. The van der Waals surface area contributed by atoms with Crippen molar-refractivity contribution in [1.82, 2.24) is 14.9 Å². The zero-order chi connectivity index (χ0) is 21.7. The molecular weight excluding hydrogens is 384 g/mol. The number of β-amino-alcohol motifs (C(OH)–C–C–N with tert-alkyl or cyclic N) is 1. The third-order valence-electron chi connectivity index (χ3n) is 4.86. The second kappa shape index (κ2) is 9.40. The van der Waals surface area contributed by atoms with Crippen molar-refractivity contribution in [1.29, 1.82) is 0 Å². The lowest BCUT2D eigenvalue weighted by Crippen LogP contribution is -2.47. The minimum Gasteiger partial charge on any atom is -0.497 e. The van der Waals surface area contributed by atoms with Crippen LogP contribution in [-0.4, -0.2) is 78.0 Å². The number of aliphatic hydroxyl groups is 1. The van der Waals surface area contributed by atoms with E-state index in [0.717, 1.165) is 32.0 Å². The van der Waals surface area contributed by atoms with Gasteiger partial charge in [-0.25, -0.2) is 9.78 Å². The summed E-state index contributed by atoms with van der Waals surface area (Å²) in [5.74, 6) is 0.973. The Morgan fingerprint density at radius 2 is 1.90 bits per heavy atom. The van der Waals surface area contributed by atoms with Crippen molar-refractivity contribution in [2.75, 3.05) is 51.3 Å². The molecule has 1 aromatic carbocycles. The molecule has 0 aliphatic carbocycles. The standard InChI is InChI=1S/C22H30N4O4/c1-22(2,3)30-21(28)17-6-5-16(29-4)13-18(17)19-14-23-15-20(24-19)26-9-7-25(8-10-26)11-12-27/h5-6,13-15,27H,7-12H2,1-4H3. The first-order chi connectivity index (χ1) is 14.3. The Balaban J connectivity index is 1.90. The van der Waals surface area contributed by atoms with E-state index in [1.54, 1.807) is 37.7 Å². The van der Waals surface area contributed by atoms with E-state index in [-0.39, 0.29) is 6.61 Å². The number of hydrogen-bond donors (Lipinski definition) is 1. The highest BCUT2D eigenvalue weighted by Gasteiger charge is 2.23. The van der Waals surface area contributed by atoms with Crippen molar-refractivity contribution in [3.8, 4) is 17.0 Å². The molecule has 1 aromatic heterocycles. The fourth-order valence-corrected chi connectivity index (χ4v) is 3.35. The van der Waals surface area contributed by atoms with Gasteiger partial charge in [-0.1, -0.05) is 0 Å². The third kappa shape index (κ3) is 5.46. The topological polar surface area (TPSA) is 88.0 Å². The molecular formula is C22H30N4O4. The van der Waals surface area contributed by atoms with E-state index >= 15 is 0 Å². The van der Waals surface area contributed by atoms with Gasteiger partial charge in [-0.2, -0.15) is 0 Å². The molecule has 8 heteroatoms. The molecule has 8 nitrogen and oxygen atoms in total. The number of ether oxygens (including phenoxy) is 2. The number of aliphatic hydroxyl groups excluding tert-OH is 1. The zero-order valence-electron chi connectivity index (χ0n) is 18.1. The number of carbonyl (C=O) groups excluding carboxylic acids is 1. The molecule has 0 saturated carbocycles. The first-order valence-electron chi connectivity index (χ1n) is 10.1. The van der Waals surface area contributed by atoms with Crippen LogP contribution in [0.1, 0.15) is 31.1 Å². The molecule has 1 fully saturated rings. The van der Waals surface area contributed by atoms with Crippen molar-refractivity contribution in [2.24, 2.45) is 0 Å². The zero-order valence-corrected chi connectivity index (χ0v) is 18.1. The van der Waals surface area contributed by atoms with Crippen molar-refractivity contribution >= 4 is 11.8 Å². The van der Waals surface area contributed by atoms with E-state index in [1.165, 1.54) is 0 Å². The Morgan fingerprint density at radius 1 is 1.17 bits per heavy atom. The van der Waals surface area contributed by atoms with E-state index in [9.17, 15) is 4.79 Å². The Morgan fingerprint density at radius 3 is 2.53 bits per heavy atom. The molecule has 2 aromatic rings. The van der Waals surface area contributed by atoms with E-state index in [2.05, 4.69) is 14.8 Å². The molecule has 0 unspecified atom stereocenters. The quantitative estimate of drug-likeness (QED) is 0.720. The number of benzene rings is 1. The molecule has 0 bridgehead atoms.